The van der Waals surface area contributed by atoms with Crippen LogP contribution in [0, 0.1) is 36.5 Å². The van der Waals surface area contributed by atoms with Crippen LogP contribution in [-0.2, 0) is 19.6 Å². The van der Waals surface area contributed by atoms with E-state index in [-0.39, 0.29) is 5.91 Å². The zero-order valence-electron chi connectivity index (χ0n) is 23.9. The minimum atomic E-state index is -0.0000881. The molecule has 4 aromatic rings. The topological polar surface area (TPSA) is 105 Å². The van der Waals surface area contributed by atoms with Crippen LogP contribution in [0.1, 0.15) is 44.0 Å². The fraction of sp³-hybridized carbons (Fsp3) is 0.303. The standard InChI is InChI=1S/C33H32N8O/c1-23-17-24(2)29(18-27(23)21-38-11-13-39(14-12-38)30-10-6-4-8-26(30)20-35)33(42)40-15-16-41-31(22-40)36-32(37-41)28-9-5-3-7-25(28)19-34/h3-10,17-18H,11-16,21-22H2,1-2H3. The number of nitrogens with zero attached hydrogens (tertiary/aromatic N) is 8. The molecule has 6 rings (SSSR count). The molecule has 1 fully saturated rings. The third kappa shape index (κ3) is 5.23. The van der Waals surface area contributed by atoms with Gasteiger partial charge in [0.05, 0.1) is 36.0 Å². The molecule has 9 heteroatoms. The number of carbonyl (C=O) groups is 1. The van der Waals surface area contributed by atoms with Crippen LogP contribution in [0.5, 0.6) is 0 Å². The highest BCUT2D eigenvalue weighted by Gasteiger charge is 2.27. The number of amides is 1. The average Bonchev–Trinajstić information content (AvgIpc) is 3.46. The Morgan fingerprint density at radius 2 is 1.57 bits per heavy atom. The molecule has 0 spiro atoms. The molecule has 0 N–H and O–H groups in total. The summed E-state index contributed by atoms with van der Waals surface area (Å²) in [6, 6.07) is 23.8. The largest absolute Gasteiger partial charge is 0.368 e. The molecule has 3 aromatic carbocycles. The van der Waals surface area contributed by atoms with Gasteiger partial charge in [-0.2, -0.15) is 15.6 Å². The van der Waals surface area contributed by atoms with Gasteiger partial charge in [-0.1, -0.05) is 30.3 Å². The summed E-state index contributed by atoms with van der Waals surface area (Å²) in [5.74, 6) is 1.24. The number of benzene rings is 3. The highest BCUT2D eigenvalue weighted by atomic mass is 16.2. The van der Waals surface area contributed by atoms with Gasteiger partial charge in [0.25, 0.3) is 5.91 Å². The van der Waals surface area contributed by atoms with Crippen LogP contribution in [0.4, 0.5) is 5.69 Å². The Morgan fingerprint density at radius 1 is 0.857 bits per heavy atom. The number of hydrogen-bond donors (Lipinski definition) is 0. The number of hydrogen-bond acceptors (Lipinski definition) is 7. The zero-order valence-corrected chi connectivity index (χ0v) is 23.9. The van der Waals surface area contributed by atoms with Gasteiger partial charge in [0.1, 0.15) is 11.9 Å². The lowest BCUT2D eigenvalue weighted by atomic mass is 9.98. The molecular weight excluding hydrogens is 524 g/mol. The van der Waals surface area contributed by atoms with Crippen molar-refractivity contribution in [2.24, 2.45) is 0 Å². The van der Waals surface area contributed by atoms with Crippen LogP contribution in [-0.4, -0.2) is 63.2 Å². The summed E-state index contributed by atoms with van der Waals surface area (Å²) in [4.78, 5) is 25.1. The Morgan fingerprint density at radius 3 is 2.33 bits per heavy atom. The summed E-state index contributed by atoms with van der Waals surface area (Å²) in [5.41, 5.74) is 6.97. The Bertz CT molecular complexity index is 1740. The molecule has 0 atom stereocenters. The lowest BCUT2D eigenvalue weighted by molar-refractivity contribution is 0.0701. The average molecular weight is 557 g/mol. The van der Waals surface area contributed by atoms with Gasteiger partial charge in [-0.15, -0.1) is 0 Å². The Hall–Kier alpha value is -4.99. The van der Waals surface area contributed by atoms with Crippen molar-refractivity contribution in [1.82, 2.24) is 24.6 Å². The maximum absolute atomic E-state index is 13.8. The van der Waals surface area contributed by atoms with Gasteiger partial charge in [0, 0.05) is 50.4 Å². The van der Waals surface area contributed by atoms with Gasteiger partial charge in [-0.25, -0.2) is 9.67 Å². The smallest absolute Gasteiger partial charge is 0.254 e. The third-order valence-corrected chi connectivity index (χ3v) is 8.28. The third-order valence-electron chi connectivity index (χ3n) is 8.28. The Labute approximate surface area is 245 Å². The molecule has 3 heterocycles. The molecule has 2 aliphatic rings. The van der Waals surface area contributed by atoms with E-state index >= 15 is 0 Å². The SMILES string of the molecule is Cc1cc(C)c(C(=O)N2CCn3nc(-c4ccccc4C#N)nc3C2)cc1CN1CCN(c2ccccc2C#N)CC1. The van der Waals surface area contributed by atoms with E-state index in [0.29, 0.717) is 42.1 Å². The fourth-order valence-electron chi connectivity index (χ4n) is 5.90. The number of nitriles is 2. The van der Waals surface area contributed by atoms with Gasteiger partial charge < -0.3 is 9.80 Å². The molecule has 2 aliphatic heterocycles. The van der Waals surface area contributed by atoms with E-state index in [1.807, 2.05) is 59.0 Å². The summed E-state index contributed by atoms with van der Waals surface area (Å²) in [6.45, 7) is 9.83. The van der Waals surface area contributed by atoms with Crippen molar-refractivity contribution in [3.63, 3.8) is 0 Å². The number of rotatable bonds is 5. The van der Waals surface area contributed by atoms with Crippen molar-refractivity contribution in [1.29, 1.82) is 10.5 Å². The second-order valence-electron chi connectivity index (χ2n) is 10.9. The number of fused-ring (bicyclic) bond motifs is 1. The highest BCUT2D eigenvalue weighted by Crippen LogP contribution is 2.26. The van der Waals surface area contributed by atoms with Crippen molar-refractivity contribution >= 4 is 11.6 Å². The number of aryl methyl sites for hydroxylation is 2. The van der Waals surface area contributed by atoms with Crippen molar-refractivity contribution in [3.8, 4) is 23.5 Å². The molecule has 1 saturated heterocycles. The van der Waals surface area contributed by atoms with E-state index in [4.69, 9.17) is 4.98 Å². The van der Waals surface area contributed by atoms with E-state index in [0.717, 1.165) is 60.9 Å². The van der Waals surface area contributed by atoms with E-state index in [1.54, 1.807) is 6.07 Å². The fourth-order valence-corrected chi connectivity index (χ4v) is 5.90. The summed E-state index contributed by atoms with van der Waals surface area (Å²) in [5, 5.41) is 23.6. The first-order valence-corrected chi connectivity index (χ1v) is 14.2. The van der Waals surface area contributed by atoms with Gasteiger partial charge in [-0.05, 0) is 60.9 Å². The summed E-state index contributed by atoms with van der Waals surface area (Å²) in [6.07, 6.45) is 0. The predicted octanol–water partition coefficient (Wildman–Crippen LogP) is 4.28. The lowest BCUT2D eigenvalue weighted by Gasteiger charge is -2.36. The van der Waals surface area contributed by atoms with Gasteiger partial charge in [0.2, 0.25) is 0 Å². The highest BCUT2D eigenvalue weighted by molar-refractivity contribution is 5.96. The number of para-hydroxylation sites is 1. The monoisotopic (exact) mass is 556 g/mol. The predicted molar refractivity (Wildman–Crippen MR) is 159 cm³/mol. The van der Waals surface area contributed by atoms with E-state index < -0.39 is 0 Å². The minimum absolute atomic E-state index is 0.0000881. The molecular formula is C33H32N8O. The van der Waals surface area contributed by atoms with Gasteiger partial charge >= 0.3 is 0 Å². The van der Waals surface area contributed by atoms with E-state index in [2.05, 4.69) is 46.1 Å². The zero-order chi connectivity index (χ0) is 29.2. The molecule has 42 heavy (non-hydrogen) atoms. The summed E-state index contributed by atoms with van der Waals surface area (Å²) < 4.78 is 1.84. The summed E-state index contributed by atoms with van der Waals surface area (Å²) >= 11 is 0. The second kappa shape index (κ2) is 11.5. The van der Waals surface area contributed by atoms with Crippen LogP contribution in [0.2, 0.25) is 0 Å². The molecule has 0 radical (unpaired) electrons. The number of carbonyl (C=O) groups excluding carboxylic acids is 1. The molecule has 210 valence electrons. The Kier molecular flexibility index (Phi) is 7.43. The first-order valence-electron chi connectivity index (χ1n) is 14.2. The number of piperazine rings is 1. The van der Waals surface area contributed by atoms with Crippen LogP contribution in [0.15, 0.2) is 60.7 Å². The first kappa shape index (κ1) is 27.2. The molecule has 1 aromatic heterocycles. The Balaban J connectivity index is 1.15. The number of anilines is 1. The van der Waals surface area contributed by atoms with Gasteiger partial charge in [-0.3, -0.25) is 9.69 Å². The van der Waals surface area contributed by atoms with Crippen molar-refractivity contribution in [2.45, 2.75) is 33.5 Å². The van der Waals surface area contributed by atoms with Crippen molar-refractivity contribution in [3.05, 3.63) is 99.9 Å². The molecule has 1 amide bonds. The second-order valence-corrected chi connectivity index (χ2v) is 10.9. The number of aromatic nitrogens is 3. The molecule has 0 saturated carbocycles. The maximum atomic E-state index is 13.8. The van der Waals surface area contributed by atoms with Crippen LogP contribution in [0.25, 0.3) is 11.4 Å². The van der Waals surface area contributed by atoms with Crippen LogP contribution in [0.3, 0.4) is 0 Å². The minimum Gasteiger partial charge on any atom is -0.368 e. The van der Waals surface area contributed by atoms with Crippen molar-refractivity contribution < 1.29 is 4.79 Å². The van der Waals surface area contributed by atoms with E-state index in [1.165, 1.54) is 5.56 Å². The quantitative estimate of drug-likeness (QED) is 0.361. The van der Waals surface area contributed by atoms with E-state index in [9.17, 15) is 15.3 Å². The van der Waals surface area contributed by atoms with Crippen molar-refractivity contribution in [2.75, 3.05) is 37.6 Å². The lowest BCUT2D eigenvalue weighted by Crippen LogP contribution is -2.46. The molecule has 9 nitrogen and oxygen atoms in total. The van der Waals surface area contributed by atoms with Crippen LogP contribution < -0.4 is 4.90 Å². The molecule has 0 bridgehead atoms. The van der Waals surface area contributed by atoms with Crippen LogP contribution >= 0.6 is 0 Å². The molecule has 0 aliphatic carbocycles. The normalized spacial score (nSPS) is 15.1. The first-order chi connectivity index (χ1) is 20.4. The summed E-state index contributed by atoms with van der Waals surface area (Å²) in [7, 11) is 0. The maximum Gasteiger partial charge on any atom is 0.254 e. The molecule has 0 unspecified atom stereocenters. The van der Waals surface area contributed by atoms with Gasteiger partial charge in [0.15, 0.2) is 5.82 Å².